The third-order valence-electron chi connectivity index (χ3n) is 11.7. The minimum Gasteiger partial charge on any atom is -0.497 e. The van der Waals surface area contributed by atoms with Gasteiger partial charge in [0.25, 0.3) is 0 Å². The number of hydrogen-bond donors (Lipinski definition) is 0. The lowest BCUT2D eigenvalue weighted by molar-refractivity contribution is 0.178. The maximum Gasteiger partial charge on any atom is 0.159 e. The van der Waals surface area contributed by atoms with Crippen molar-refractivity contribution in [3.8, 4) is 56.0 Å². The summed E-state index contributed by atoms with van der Waals surface area (Å²) < 4.78 is 6.36. The quantitative estimate of drug-likeness (QED) is 0.147. The normalized spacial score (nSPS) is 15.8. The molecule has 3 aliphatic rings. The molecule has 4 heteroatoms. The Morgan fingerprint density at radius 2 is 1.27 bits per heavy atom. The number of nitrogens with zero attached hydrogens (tertiary/aromatic N) is 3. The fourth-order valence-corrected chi connectivity index (χ4v) is 9.14. The van der Waals surface area contributed by atoms with Gasteiger partial charge in [-0.3, -0.25) is 4.98 Å². The standard InChI is InChI=1S/C51H41N3O/c1-3-4-29-55-49-33(2)13-11-18-38(49)34-22-24-35(25-23-34)50-53-32-43(37-14-12-28-52-31-37)48(54-50)36-26-27-42-41-17-7-10-21-46(41)51(47(42)30-36)44-19-8-5-15-39(44)40-16-6-9-20-45(40)51/h5-12,14-28,30-33H,3-4,13,29H2,1-2H3/t33-/m0/s1. The van der Waals surface area contributed by atoms with E-state index in [2.05, 4.69) is 152 Å². The third kappa shape index (κ3) is 5.23. The number of unbranched alkanes of at least 4 members (excludes halogenated alkanes) is 1. The van der Waals surface area contributed by atoms with Gasteiger partial charge >= 0.3 is 0 Å². The summed E-state index contributed by atoms with van der Waals surface area (Å²) >= 11 is 0. The molecule has 0 amide bonds. The highest BCUT2D eigenvalue weighted by Gasteiger charge is 2.51. The molecule has 7 aromatic rings. The summed E-state index contributed by atoms with van der Waals surface area (Å²) in [4.78, 5) is 14.9. The average Bonchev–Trinajstić information content (AvgIpc) is 3.71. The van der Waals surface area contributed by atoms with Crippen LogP contribution in [0.1, 0.15) is 60.9 Å². The monoisotopic (exact) mass is 711 g/mol. The molecular weight excluding hydrogens is 671 g/mol. The second-order valence-corrected chi connectivity index (χ2v) is 14.9. The highest BCUT2D eigenvalue weighted by molar-refractivity contribution is 5.96. The number of ether oxygens (including phenoxy) is 1. The van der Waals surface area contributed by atoms with Gasteiger partial charge in [-0.15, -0.1) is 0 Å². The van der Waals surface area contributed by atoms with Gasteiger partial charge in [-0.1, -0.05) is 148 Å². The Morgan fingerprint density at radius 1 is 0.636 bits per heavy atom. The summed E-state index contributed by atoms with van der Waals surface area (Å²) in [6, 6.07) is 46.5. The summed E-state index contributed by atoms with van der Waals surface area (Å²) in [5.74, 6) is 2.13. The predicted octanol–water partition coefficient (Wildman–Crippen LogP) is 12.3. The first-order valence-electron chi connectivity index (χ1n) is 19.5. The van der Waals surface area contributed by atoms with E-state index in [9.17, 15) is 0 Å². The zero-order valence-corrected chi connectivity index (χ0v) is 31.2. The Kier molecular flexibility index (Phi) is 8.13. The number of rotatable bonds is 8. The number of allylic oxidation sites excluding steroid dienone is 4. The number of hydrogen-bond acceptors (Lipinski definition) is 4. The zero-order valence-electron chi connectivity index (χ0n) is 31.2. The lowest BCUT2D eigenvalue weighted by Gasteiger charge is -2.30. The van der Waals surface area contributed by atoms with Crippen LogP contribution in [0.3, 0.4) is 0 Å². The van der Waals surface area contributed by atoms with Gasteiger partial charge < -0.3 is 4.74 Å². The second-order valence-electron chi connectivity index (χ2n) is 14.9. The first-order chi connectivity index (χ1) is 27.2. The van der Waals surface area contributed by atoms with Crippen molar-refractivity contribution >= 4 is 5.57 Å². The minimum absolute atomic E-state index is 0.355. The van der Waals surface area contributed by atoms with Gasteiger partial charge in [0, 0.05) is 52.3 Å². The van der Waals surface area contributed by atoms with Crippen molar-refractivity contribution in [2.24, 2.45) is 5.92 Å². The van der Waals surface area contributed by atoms with Crippen molar-refractivity contribution in [1.82, 2.24) is 15.0 Å². The van der Waals surface area contributed by atoms with Crippen LogP contribution in [0.4, 0.5) is 0 Å². The van der Waals surface area contributed by atoms with E-state index in [0.717, 1.165) is 70.7 Å². The zero-order chi connectivity index (χ0) is 36.9. The van der Waals surface area contributed by atoms with Crippen molar-refractivity contribution < 1.29 is 4.74 Å². The predicted molar refractivity (Wildman–Crippen MR) is 223 cm³/mol. The molecule has 1 atom stereocenters. The van der Waals surface area contributed by atoms with Crippen molar-refractivity contribution in [1.29, 1.82) is 0 Å². The van der Waals surface area contributed by atoms with Crippen LogP contribution in [0.2, 0.25) is 0 Å². The Hall–Kier alpha value is -6.39. The largest absolute Gasteiger partial charge is 0.497 e. The van der Waals surface area contributed by atoms with Gasteiger partial charge in [-0.25, -0.2) is 9.97 Å². The van der Waals surface area contributed by atoms with Crippen molar-refractivity contribution in [2.45, 2.75) is 38.5 Å². The molecule has 0 aliphatic heterocycles. The summed E-state index contributed by atoms with van der Waals surface area (Å²) in [5.41, 5.74) is 17.1. The van der Waals surface area contributed by atoms with E-state index < -0.39 is 5.41 Å². The Balaban J connectivity index is 1.13. The van der Waals surface area contributed by atoms with E-state index in [1.807, 2.05) is 24.7 Å². The molecule has 0 radical (unpaired) electrons. The molecule has 0 bridgehead atoms. The number of fused-ring (bicyclic) bond motifs is 10. The van der Waals surface area contributed by atoms with Crippen molar-refractivity contribution in [3.05, 3.63) is 192 Å². The van der Waals surface area contributed by atoms with Gasteiger partial charge in [-0.05, 0) is 75.0 Å². The van der Waals surface area contributed by atoms with Crippen LogP contribution in [0.25, 0.3) is 61.6 Å². The van der Waals surface area contributed by atoms with Crippen LogP contribution < -0.4 is 0 Å². The Bertz CT molecular complexity index is 2590. The lowest BCUT2D eigenvalue weighted by Crippen LogP contribution is -2.25. The molecule has 1 spiro atoms. The molecule has 266 valence electrons. The Labute approximate surface area is 323 Å². The minimum atomic E-state index is -0.436. The topological polar surface area (TPSA) is 47.9 Å². The van der Waals surface area contributed by atoms with E-state index >= 15 is 0 Å². The first-order valence-corrected chi connectivity index (χ1v) is 19.5. The molecule has 5 aromatic carbocycles. The summed E-state index contributed by atoms with van der Waals surface area (Å²) in [5, 5.41) is 0. The fourth-order valence-electron chi connectivity index (χ4n) is 9.14. The molecule has 0 saturated heterocycles. The van der Waals surface area contributed by atoms with E-state index in [0.29, 0.717) is 11.7 Å². The van der Waals surface area contributed by atoms with Crippen LogP contribution in [-0.2, 0) is 10.2 Å². The van der Waals surface area contributed by atoms with Crippen molar-refractivity contribution in [2.75, 3.05) is 6.61 Å². The fraction of sp³-hybridized carbons (Fsp3) is 0.157. The van der Waals surface area contributed by atoms with Gasteiger partial charge in [0.2, 0.25) is 0 Å². The van der Waals surface area contributed by atoms with Gasteiger partial charge in [0.15, 0.2) is 5.82 Å². The molecule has 4 nitrogen and oxygen atoms in total. The lowest BCUT2D eigenvalue weighted by atomic mass is 9.70. The van der Waals surface area contributed by atoms with Gasteiger partial charge in [-0.2, -0.15) is 0 Å². The number of pyridine rings is 1. The smallest absolute Gasteiger partial charge is 0.159 e. The second kappa shape index (κ2) is 13.5. The Morgan fingerprint density at radius 3 is 1.93 bits per heavy atom. The van der Waals surface area contributed by atoms with E-state index in [1.165, 1.54) is 44.5 Å². The van der Waals surface area contributed by atoms with Crippen LogP contribution >= 0.6 is 0 Å². The molecule has 0 fully saturated rings. The maximum absolute atomic E-state index is 6.36. The van der Waals surface area contributed by atoms with Gasteiger partial charge in [0.1, 0.15) is 5.76 Å². The summed E-state index contributed by atoms with van der Waals surface area (Å²) in [6.07, 6.45) is 13.3. The van der Waals surface area contributed by atoms with Crippen LogP contribution in [0.5, 0.6) is 0 Å². The van der Waals surface area contributed by atoms with Gasteiger partial charge in [0.05, 0.1) is 17.7 Å². The molecule has 2 aromatic heterocycles. The van der Waals surface area contributed by atoms with Crippen molar-refractivity contribution in [3.63, 3.8) is 0 Å². The highest BCUT2D eigenvalue weighted by Crippen LogP contribution is 2.63. The molecule has 2 heterocycles. The maximum atomic E-state index is 6.36. The van der Waals surface area contributed by atoms with Crippen LogP contribution in [0.15, 0.2) is 164 Å². The van der Waals surface area contributed by atoms with Crippen LogP contribution in [-0.4, -0.2) is 21.6 Å². The van der Waals surface area contributed by atoms with E-state index in [4.69, 9.17) is 14.7 Å². The molecule has 55 heavy (non-hydrogen) atoms. The number of benzene rings is 5. The molecule has 0 unspecified atom stereocenters. The van der Waals surface area contributed by atoms with E-state index in [1.54, 1.807) is 0 Å². The third-order valence-corrected chi connectivity index (χ3v) is 11.7. The van der Waals surface area contributed by atoms with E-state index in [-0.39, 0.29) is 0 Å². The van der Waals surface area contributed by atoms with Crippen LogP contribution in [0, 0.1) is 5.92 Å². The first kappa shape index (κ1) is 33.2. The number of aromatic nitrogens is 3. The molecule has 10 rings (SSSR count). The average molecular weight is 712 g/mol. The molecule has 3 aliphatic carbocycles. The SMILES string of the molecule is CCCCOC1=C(c2ccc(-c3ncc(-c4cccnc4)c(-c4ccc5c(c4)C4(c6ccccc6-c6ccccc64)c4ccccc4-5)n3)cc2)C=CC[C@@H]1C. The molecule has 0 N–H and O–H groups in total. The highest BCUT2D eigenvalue weighted by atomic mass is 16.5. The molecular formula is C51H41N3O. The summed E-state index contributed by atoms with van der Waals surface area (Å²) in [6.45, 7) is 5.20. The molecule has 0 saturated carbocycles. The summed E-state index contributed by atoms with van der Waals surface area (Å²) in [7, 11) is 0.